The van der Waals surface area contributed by atoms with Crippen molar-refractivity contribution < 1.29 is 4.79 Å². The number of benzene rings is 2. The first-order valence-electron chi connectivity index (χ1n) is 12.2. The van der Waals surface area contributed by atoms with Crippen LogP contribution in [-0.4, -0.2) is 61.1 Å². The fraction of sp³-hybridized carbons (Fsp3) is 0.519. The highest BCUT2D eigenvalue weighted by Gasteiger charge is 2.34. The molecule has 0 bridgehead atoms. The van der Waals surface area contributed by atoms with E-state index in [-0.39, 0.29) is 11.4 Å². The van der Waals surface area contributed by atoms with Gasteiger partial charge in [-0.3, -0.25) is 4.90 Å². The average molecular weight is 469 g/mol. The molecule has 6 heteroatoms. The molecule has 2 aliphatic rings. The minimum absolute atomic E-state index is 0.0591. The van der Waals surface area contributed by atoms with Gasteiger partial charge in [0.2, 0.25) is 0 Å². The number of aryl methyl sites for hydroxylation is 1. The summed E-state index contributed by atoms with van der Waals surface area (Å²) < 4.78 is 0. The van der Waals surface area contributed by atoms with Crippen LogP contribution in [0.5, 0.6) is 0 Å². The normalized spacial score (nSPS) is 19.1. The molecule has 178 valence electrons. The second kappa shape index (κ2) is 9.94. The van der Waals surface area contributed by atoms with Gasteiger partial charge in [-0.2, -0.15) is 0 Å². The van der Waals surface area contributed by atoms with E-state index in [1.165, 1.54) is 11.1 Å². The Morgan fingerprint density at radius 2 is 1.61 bits per heavy atom. The van der Waals surface area contributed by atoms with Gasteiger partial charge in [-0.05, 0) is 56.7 Å². The van der Waals surface area contributed by atoms with Crippen molar-refractivity contribution in [3.8, 4) is 0 Å². The first kappa shape index (κ1) is 23.9. The molecular formula is C27H37ClN4O. The summed E-state index contributed by atoms with van der Waals surface area (Å²) in [7, 11) is 0. The summed E-state index contributed by atoms with van der Waals surface area (Å²) in [6.45, 7) is 14.3. The van der Waals surface area contributed by atoms with Crippen LogP contribution in [-0.2, 0) is 5.41 Å². The van der Waals surface area contributed by atoms with E-state index in [1.54, 1.807) is 0 Å². The Labute approximate surface area is 203 Å². The van der Waals surface area contributed by atoms with E-state index in [4.69, 9.17) is 11.6 Å². The first-order valence-corrected chi connectivity index (χ1v) is 12.6. The van der Waals surface area contributed by atoms with Crippen LogP contribution in [0.2, 0.25) is 5.02 Å². The highest BCUT2D eigenvalue weighted by Crippen LogP contribution is 2.37. The Morgan fingerprint density at radius 3 is 2.21 bits per heavy atom. The zero-order valence-electron chi connectivity index (χ0n) is 20.4. The molecule has 2 fully saturated rings. The molecule has 33 heavy (non-hydrogen) atoms. The van der Waals surface area contributed by atoms with Crippen molar-refractivity contribution in [2.24, 2.45) is 0 Å². The maximum Gasteiger partial charge on any atom is 0.321 e. The maximum absolute atomic E-state index is 13.2. The minimum Gasteiger partial charge on any atom is -0.367 e. The largest absolute Gasteiger partial charge is 0.367 e. The topological polar surface area (TPSA) is 38.8 Å². The molecule has 2 aromatic rings. The number of piperidine rings is 1. The first-order chi connectivity index (χ1) is 15.8. The van der Waals surface area contributed by atoms with E-state index in [1.807, 2.05) is 17.0 Å². The Kier molecular flexibility index (Phi) is 7.20. The Morgan fingerprint density at radius 1 is 0.970 bits per heavy atom. The van der Waals surface area contributed by atoms with E-state index >= 15 is 0 Å². The molecule has 0 unspecified atom stereocenters. The van der Waals surface area contributed by atoms with Gasteiger partial charge in [-0.15, -0.1) is 0 Å². The number of amides is 2. The predicted octanol–water partition coefficient (Wildman–Crippen LogP) is 5.76. The van der Waals surface area contributed by atoms with Crippen molar-refractivity contribution in [2.75, 3.05) is 49.5 Å². The molecule has 4 rings (SSSR count). The Bertz CT molecular complexity index is 959. The van der Waals surface area contributed by atoms with Crippen molar-refractivity contribution in [1.29, 1.82) is 0 Å². The van der Waals surface area contributed by atoms with Crippen LogP contribution in [0, 0.1) is 6.92 Å². The van der Waals surface area contributed by atoms with E-state index in [2.05, 4.69) is 73.1 Å². The molecular weight excluding hydrogens is 432 g/mol. The number of likely N-dealkylation sites (tertiary alicyclic amines) is 1. The summed E-state index contributed by atoms with van der Waals surface area (Å²) in [5, 5.41) is 3.75. The number of anilines is 2. The van der Waals surface area contributed by atoms with E-state index in [0.717, 1.165) is 63.5 Å². The lowest BCUT2D eigenvalue weighted by Gasteiger charge is -2.40. The van der Waals surface area contributed by atoms with Crippen LogP contribution in [0.1, 0.15) is 44.7 Å². The SMILES string of the molecule is Cc1ccc(C2(C)CCN(C(=O)Nc3c(Cl)cccc3N3CCN(C(C)C)CC3)CC2)cc1. The van der Waals surface area contributed by atoms with Gasteiger partial charge in [0.1, 0.15) is 0 Å². The molecule has 0 radical (unpaired) electrons. The number of urea groups is 1. The molecule has 0 aromatic heterocycles. The second-order valence-corrected chi connectivity index (χ2v) is 10.5. The van der Waals surface area contributed by atoms with Crippen molar-refractivity contribution in [2.45, 2.75) is 52.0 Å². The minimum atomic E-state index is -0.0591. The molecule has 2 amide bonds. The number of nitrogens with zero attached hydrogens (tertiary/aromatic N) is 3. The standard InChI is InChI=1S/C27H37ClN4O/c1-20(2)30-16-18-31(19-17-30)24-7-5-6-23(28)25(24)29-26(33)32-14-12-27(4,13-15-32)22-10-8-21(3)9-11-22/h5-11,20H,12-19H2,1-4H3,(H,29,33). The van der Waals surface area contributed by atoms with Crippen molar-refractivity contribution >= 4 is 29.0 Å². The van der Waals surface area contributed by atoms with E-state index in [9.17, 15) is 4.79 Å². The Hall–Kier alpha value is -2.24. The summed E-state index contributed by atoms with van der Waals surface area (Å²) >= 11 is 6.58. The fourth-order valence-electron chi connectivity index (χ4n) is 5.01. The van der Waals surface area contributed by atoms with Gasteiger partial charge < -0.3 is 15.1 Å². The summed E-state index contributed by atoms with van der Waals surface area (Å²) in [5.41, 5.74) is 4.49. The Balaban J connectivity index is 1.42. The highest BCUT2D eigenvalue weighted by molar-refractivity contribution is 6.34. The predicted molar refractivity (Wildman–Crippen MR) is 139 cm³/mol. The van der Waals surface area contributed by atoms with Gasteiger partial charge in [0, 0.05) is 45.3 Å². The average Bonchev–Trinajstić information content (AvgIpc) is 2.81. The zero-order valence-corrected chi connectivity index (χ0v) is 21.2. The molecule has 2 saturated heterocycles. The third-order valence-electron chi connectivity index (χ3n) is 7.51. The number of halogens is 1. The number of rotatable bonds is 4. The number of hydrogen-bond donors (Lipinski definition) is 1. The molecule has 0 atom stereocenters. The van der Waals surface area contributed by atoms with Crippen molar-refractivity contribution in [1.82, 2.24) is 9.80 Å². The lowest BCUT2D eigenvalue weighted by Crippen LogP contribution is -2.49. The number of carbonyl (C=O) groups excluding carboxylic acids is 1. The second-order valence-electron chi connectivity index (χ2n) is 10.1. The third-order valence-corrected chi connectivity index (χ3v) is 7.83. The molecule has 2 heterocycles. The fourth-order valence-corrected chi connectivity index (χ4v) is 5.23. The third kappa shape index (κ3) is 5.30. The van der Waals surface area contributed by atoms with Gasteiger partial charge in [0.25, 0.3) is 0 Å². The van der Waals surface area contributed by atoms with Crippen LogP contribution >= 0.6 is 11.6 Å². The molecule has 2 aromatic carbocycles. The van der Waals surface area contributed by atoms with Gasteiger partial charge in [0.15, 0.2) is 0 Å². The smallest absolute Gasteiger partial charge is 0.321 e. The molecule has 1 N–H and O–H groups in total. The molecule has 5 nitrogen and oxygen atoms in total. The number of hydrogen-bond acceptors (Lipinski definition) is 3. The van der Waals surface area contributed by atoms with Crippen LogP contribution in [0.25, 0.3) is 0 Å². The van der Waals surface area contributed by atoms with Crippen LogP contribution < -0.4 is 10.2 Å². The molecule has 2 aliphatic heterocycles. The van der Waals surface area contributed by atoms with Gasteiger partial charge >= 0.3 is 6.03 Å². The van der Waals surface area contributed by atoms with Crippen molar-refractivity contribution in [3.63, 3.8) is 0 Å². The summed E-state index contributed by atoms with van der Waals surface area (Å²) in [6.07, 6.45) is 1.91. The van der Waals surface area contributed by atoms with Crippen LogP contribution in [0.15, 0.2) is 42.5 Å². The summed E-state index contributed by atoms with van der Waals surface area (Å²) in [5.74, 6) is 0. The maximum atomic E-state index is 13.2. The van der Waals surface area contributed by atoms with Gasteiger partial charge in [-0.1, -0.05) is 54.4 Å². The lowest BCUT2D eigenvalue weighted by molar-refractivity contribution is 0.174. The number of piperazine rings is 1. The van der Waals surface area contributed by atoms with Crippen molar-refractivity contribution in [3.05, 3.63) is 58.6 Å². The van der Waals surface area contributed by atoms with Gasteiger partial charge in [-0.25, -0.2) is 4.79 Å². The number of para-hydroxylation sites is 1. The highest BCUT2D eigenvalue weighted by atomic mass is 35.5. The van der Waals surface area contributed by atoms with Gasteiger partial charge in [0.05, 0.1) is 16.4 Å². The molecule has 0 saturated carbocycles. The summed E-state index contributed by atoms with van der Waals surface area (Å²) in [6, 6.07) is 15.2. The molecule has 0 aliphatic carbocycles. The lowest BCUT2D eigenvalue weighted by atomic mass is 9.74. The van der Waals surface area contributed by atoms with Crippen LogP contribution in [0.3, 0.4) is 0 Å². The van der Waals surface area contributed by atoms with E-state index in [0.29, 0.717) is 11.1 Å². The summed E-state index contributed by atoms with van der Waals surface area (Å²) in [4.78, 5) is 20.0. The number of carbonyl (C=O) groups is 1. The van der Waals surface area contributed by atoms with Crippen LogP contribution in [0.4, 0.5) is 16.2 Å². The van der Waals surface area contributed by atoms with E-state index < -0.39 is 0 Å². The number of nitrogens with one attached hydrogen (secondary N) is 1. The molecule has 0 spiro atoms. The quantitative estimate of drug-likeness (QED) is 0.619. The zero-order chi connectivity index (χ0) is 23.6. The monoisotopic (exact) mass is 468 g/mol.